The van der Waals surface area contributed by atoms with Crippen molar-refractivity contribution in [1.82, 2.24) is 9.55 Å². The largest absolute Gasteiger partial charge is 0.455 e. The standard InChI is InChI=1S/C29H16N2O2/c1-4-12-21-18(9-1)24-27(31(21)17-8-7-15-30-16-17)25-19-10-2-5-13-22(19)32-29(25)26-20-11-3-6-14-23(20)33-28(24)26/h1-16H. The van der Waals surface area contributed by atoms with Crippen LogP contribution >= 0.6 is 0 Å². The Morgan fingerprint density at radius 2 is 1.18 bits per heavy atom. The fourth-order valence-corrected chi connectivity index (χ4v) is 5.36. The molecule has 0 aliphatic carbocycles. The second-order valence-electron chi connectivity index (χ2n) is 8.39. The van der Waals surface area contributed by atoms with E-state index in [-0.39, 0.29) is 0 Å². The number of para-hydroxylation sites is 3. The van der Waals surface area contributed by atoms with Crippen LogP contribution in [-0.4, -0.2) is 9.55 Å². The van der Waals surface area contributed by atoms with Gasteiger partial charge in [0.05, 0.1) is 39.1 Å². The molecule has 33 heavy (non-hydrogen) atoms. The highest BCUT2D eigenvalue weighted by Gasteiger charge is 2.26. The number of furan rings is 2. The van der Waals surface area contributed by atoms with E-state index in [0.717, 1.165) is 71.4 Å². The summed E-state index contributed by atoms with van der Waals surface area (Å²) in [6, 6.07) is 29.0. The average molecular weight is 424 g/mol. The third-order valence-corrected chi connectivity index (χ3v) is 6.66. The number of nitrogens with zero attached hydrogens (tertiary/aromatic N) is 2. The van der Waals surface area contributed by atoms with E-state index in [4.69, 9.17) is 8.83 Å². The minimum absolute atomic E-state index is 0.858. The Morgan fingerprint density at radius 1 is 0.576 bits per heavy atom. The van der Waals surface area contributed by atoms with E-state index in [0.29, 0.717) is 0 Å². The van der Waals surface area contributed by atoms with Crippen LogP contribution < -0.4 is 0 Å². The molecule has 0 atom stereocenters. The van der Waals surface area contributed by atoms with Crippen molar-refractivity contribution in [3.05, 3.63) is 97.3 Å². The Balaban J connectivity index is 1.80. The second-order valence-corrected chi connectivity index (χ2v) is 8.39. The minimum atomic E-state index is 0.858. The van der Waals surface area contributed by atoms with Crippen LogP contribution in [0.25, 0.3) is 71.4 Å². The molecule has 4 aromatic heterocycles. The minimum Gasteiger partial charge on any atom is -0.455 e. The SMILES string of the molecule is c1cncc(-n2c3ccccc3c3c4oc5ccccc5c4c4oc5ccccc5c4c32)c1. The second kappa shape index (κ2) is 6.02. The molecular formula is C29H16N2O2. The summed E-state index contributed by atoms with van der Waals surface area (Å²) in [7, 11) is 0. The molecule has 0 radical (unpaired) electrons. The van der Waals surface area contributed by atoms with Gasteiger partial charge >= 0.3 is 0 Å². The molecule has 4 nitrogen and oxygen atoms in total. The van der Waals surface area contributed by atoms with Crippen LogP contribution in [0.4, 0.5) is 0 Å². The van der Waals surface area contributed by atoms with Crippen molar-refractivity contribution in [3.63, 3.8) is 0 Å². The highest BCUT2D eigenvalue weighted by molar-refractivity contribution is 6.37. The van der Waals surface area contributed by atoms with Crippen molar-refractivity contribution in [2.75, 3.05) is 0 Å². The highest BCUT2D eigenvalue weighted by Crippen LogP contribution is 2.48. The van der Waals surface area contributed by atoms with Gasteiger partial charge in [-0.3, -0.25) is 4.98 Å². The van der Waals surface area contributed by atoms with Crippen molar-refractivity contribution in [3.8, 4) is 5.69 Å². The lowest BCUT2D eigenvalue weighted by molar-refractivity contribution is 0.665. The first-order valence-electron chi connectivity index (χ1n) is 11.0. The zero-order valence-corrected chi connectivity index (χ0v) is 17.4. The molecule has 0 aliphatic heterocycles. The molecule has 0 amide bonds. The van der Waals surface area contributed by atoms with Gasteiger partial charge in [-0.15, -0.1) is 0 Å². The summed E-state index contributed by atoms with van der Waals surface area (Å²) in [6.45, 7) is 0. The topological polar surface area (TPSA) is 44.1 Å². The molecule has 154 valence electrons. The molecule has 0 N–H and O–H groups in total. The maximum Gasteiger partial charge on any atom is 0.149 e. The van der Waals surface area contributed by atoms with Crippen LogP contribution in [0.5, 0.6) is 0 Å². The molecule has 8 rings (SSSR count). The van der Waals surface area contributed by atoms with E-state index >= 15 is 0 Å². The van der Waals surface area contributed by atoms with Gasteiger partial charge in [0, 0.05) is 22.4 Å². The number of rotatable bonds is 1. The first-order valence-corrected chi connectivity index (χ1v) is 11.0. The fourth-order valence-electron chi connectivity index (χ4n) is 5.36. The van der Waals surface area contributed by atoms with Gasteiger partial charge in [-0.25, -0.2) is 0 Å². The summed E-state index contributed by atoms with van der Waals surface area (Å²) in [5, 5.41) is 6.53. The maximum atomic E-state index is 6.54. The average Bonchev–Trinajstić information content (AvgIpc) is 3.53. The lowest BCUT2D eigenvalue weighted by Gasteiger charge is -2.08. The third-order valence-electron chi connectivity index (χ3n) is 6.66. The number of benzene rings is 4. The van der Waals surface area contributed by atoms with Gasteiger partial charge in [-0.05, 0) is 30.3 Å². The van der Waals surface area contributed by atoms with E-state index in [1.54, 1.807) is 6.20 Å². The van der Waals surface area contributed by atoms with Crippen molar-refractivity contribution in [2.24, 2.45) is 0 Å². The molecule has 0 fully saturated rings. The molecular weight excluding hydrogens is 408 g/mol. The summed E-state index contributed by atoms with van der Waals surface area (Å²) >= 11 is 0. The van der Waals surface area contributed by atoms with Crippen molar-refractivity contribution in [1.29, 1.82) is 0 Å². The van der Waals surface area contributed by atoms with Gasteiger partial charge in [0.2, 0.25) is 0 Å². The van der Waals surface area contributed by atoms with Crippen LogP contribution in [0.2, 0.25) is 0 Å². The Kier molecular flexibility index (Phi) is 3.11. The van der Waals surface area contributed by atoms with E-state index in [2.05, 4.69) is 64.1 Å². The molecule has 8 aromatic rings. The number of hydrogen-bond acceptors (Lipinski definition) is 3. The molecule has 4 aromatic carbocycles. The lowest BCUT2D eigenvalue weighted by Crippen LogP contribution is -1.94. The normalized spacial score (nSPS) is 12.2. The molecule has 0 bridgehead atoms. The molecule has 0 spiro atoms. The Hall–Kier alpha value is -4.57. The van der Waals surface area contributed by atoms with E-state index in [1.807, 2.05) is 36.5 Å². The lowest BCUT2D eigenvalue weighted by atomic mass is 10.0. The number of hydrogen-bond donors (Lipinski definition) is 0. The number of pyridine rings is 1. The van der Waals surface area contributed by atoms with Crippen molar-refractivity contribution in [2.45, 2.75) is 0 Å². The van der Waals surface area contributed by atoms with E-state index in [9.17, 15) is 0 Å². The first kappa shape index (κ1) is 17.0. The summed E-state index contributed by atoms with van der Waals surface area (Å²) in [4.78, 5) is 4.41. The number of aromatic nitrogens is 2. The van der Waals surface area contributed by atoms with Crippen LogP contribution in [0.3, 0.4) is 0 Å². The van der Waals surface area contributed by atoms with Crippen LogP contribution in [-0.2, 0) is 0 Å². The van der Waals surface area contributed by atoms with E-state index < -0.39 is 0 Å². The van der Waals surface area contributed by atoms with E-state index in [1.165, 1.54) is 0 Å². The highest BCUT2D eigenvalue weighted by atomic mass is 16.3. The Morgan fingerprint density at radius 3 is 1.88 bits per heavy atom. The maximum absolute atomic E-state index is 6.54. The smallest absolute Gasteiger partial charge is 0.149 e. The molecule has 0 unspecified atom stereocenters. The Labute approximate surface area is 187 Å². The fraction of sp³-hybridized carbons (Fsp3) is 0. The van der Waals surface area contributed by atoms with Gasteiger partial charge in [-0.2, -0.15) is 0 Å². The Bertz CT molecular complexity index is 1990. The van der Waals surface area contributed by atoms with Crippen LogP contribution in [0, 0.1) is 0 Å². The van der Waals surface area contributed by atoms with Gasteiger partial charge in [0.25, 0.3) is 0 Å². The van der Waals surface area contributed by atoms with Gasteiger partial charge in [0.15, 0.2) is 0 Å². The van der Waals surface area contributed by atoms with Gasteiger partial charge < -0.3 is 13.4 Å². The zero-order valence-electron chi connectivity index (χ0n) is 17.4. The predicted molar refractivity (Wildman–Crippen MR) is 133 cm³/mol. The van der Waals surface area contributed by atoms with Crippen molar-refractivity contribution >= 4 is 65.7 Å². The summed E-state index contributed by atoms with van der Waals surface area (Å²) < 4.78 is 15.4. The quantitative estimate of drug-likeness (QED) is 0.268. The van der Waals surface area contributed by atoms with Gasteiger partial charge in [-0.1, -0.05) is 54.6 Å². The van der Waals surface area contributed by atoms with Gasteiger partial charge in [0.1, 0.15) is 22.3 Å². The summed E-state index contributed by atoms with van der Waals surface area (Å²) in [5.41, 5.74) is 6.64. The summed E-state index contributed by atoms with van der Waals surface area (Å²) in [6.07, 6.45) is 3.71. The van der Waals surface area contributed by atoms with Crippen molar-refractivity contribution < 1.29 is 8.83 Å². The summed E-state index contributed by atoms with van der Waals surface area (Å²) in [5.74, 6) is 0. The molecule has 0 aliphatic rings. The van der Waals surface area contributed by atoms with Crippen LogP contribution in [0.15, 0.2) is 106 Å². The third kappa shape index (κ3) is 2.08. The molecule has 4 heteroatoms. The monoisotopic (exact) mass is 424 g/mol. The first-order chi connectivity index (χ1) is 16.4. The number of fused-ring (bicyclic) bond motifs is 12. The molecule has 4 heterocycles. The predicted octanol–water partition coefficient (Wildman–Crippen LogP) is 7.98. The molecule has 0 saturated heterocycles. The van der Waals surface area contributed by atoms with Crippen LogP contribution in [0.1, 0.15) is 0 Å². The molecule has 0 saturated carbocycles. The zero-order chi connectivity index (χ0) is 21.5.